The van der Waals surface area contributed by atoms with Gasteiger partial charge in [-0.25, -0.2) is 0 Å². The maximum absolute atomic E-state index is 10.4. The summed E-state index contributed by atoms with van der Waals surface area (Å²) in [7, 11) is 1.51. The molecule has 0 bridgehead atoms. The van der Waals surface area contributed by atoms with Gasteiger partial charge in [-0.1, -0.05) is 15.9 Å². The van der Waals surface area contributed by atoms with E-state index in [1.165, 1.54) is 7.11 Å². The molecule has 1 atom stereocenters. The van der Waals surface area contributed by atoms with E-state index >= 15 is 0 Å². The molecule has 0 spiro atoms. The van der Waals surface area contributed by atoms with E-state index in [0.717, 1.165) is 4.47 Å². The Bertz CT molecular complexity index is 378. The summed E-state index contributed by atoms with van der Waals surface area (Å²) in [6.45, 7) is 0. The Morgan fingerprint density at radius 1 is 1.56 bits per heavy atom. The van der Waals surface area contributed by atoms with Crippen molar-refractivity contribution < 1.29 is 19.7 Å². The van der Waals surface area contributed by atoms with Gasteiger partial charge in [-0.15, -0.1) is 0 Å². The molecule has 0 heterocycles. The number of carbonyl (C=O) groups is 1. The van der Waals surface area contributed by atoms with Crippen molar-refractivity contribution in [2.24, 2.45) is 0 Å². The summed E-state index contributed by atoms with van der Waals surface area (Å²) in [4.78, 5) is 10.4. The lowest BCUT2D eigenvalue weighted by Crippen LogP contribution is -2.04. The van der Waals surface area contributed by atoms with Crippen LogP contribution >= 0.6 is 15.9 Å². The predicted molar refractivity (Wildman–Crippen MR) is 62.5 cm³/mol. The van der Waals surface area contributed by atoms with Crippen LogP contribution in [-0.4, -0.2) is 23.3 Å². The number of aliphatic carboxylic acids is 1. The predicted octanol–water partition coefficient (Wildman–Crippen LogP) is 2.36. The van der Waals surface area contributed by atoms with Crippen molar-refractivity contribution in [2.75, 3.05) is 7.11 Å². The van der Waals surface area contributed by atoms with Crippen LogP contribution in [0.5, 0.6) is 5.75 Å². The van der Waals surface area contributed by atoms with Crippen molar-refractivity contribution in [3.8, 4) is 5.75 Å². The van der Waals surface area contributed by atoms with Gasteiger partial charge in [-0.2, -0.15) is 0 Å². The Morgan fingerprint density at radius 2 is 2.25 bits per heavy atom. The molecular formula is C11H13BrO4. The van der Waals surface area contributed by atoms with E-state index in [0.29, 0.717) is 11.3 Å². The number of ether oxygens (including phenoxy) is 1. The normalized spacial score (nSPS) is 12.2. The lowest BCUT2D eigenvalue weighted by atomic mass is 10.0. The van der Waals surface area contributed by atoms with E-state index in [-0.39, 0.29) is 12.8 Å². The molecule has 0 aliphatic heterocycles. The van der Waals surface area contributed by atoms with E-state index in [4.69, 9.17) is 9.84 Å². The molecule has 0 fully saturated rings. The highest BCUT2D eigenvalue weighted by Crippen LogP contribution is 2.30. The standard InChI is InChI=1S/C11H13BrO4/c1-16-10-4-2-7(12)6-8(10)9(13)3-5-11(14)15/h2,4,6,9,13H,3,5H2,1H3,(H,14,15). The quantitative estimate of drug-likeness (QED) is 0.873. The zero-order valence-electron chi connectivity index (χ0n) is 8.81. The van der Waals surface area contributed by atoms with Crippen LogP contribution in [0.4, 0.5) is 0 Å². The minimum atomic E-state index is -0.923. The molecule has 1 rings (SSSR count). The molecule has 88 valence electrons. The summed E-state index contributed by atoms with van der Waals surface area (Å²) in [5.41, 5.74) is 0.595. The number of carboxylic acid groups (broad SMARTS) is 1. The summed E-state index contributed by atoms with van der Waals surface area (Å²) < 4.78 is 5.92. The van der Waals surface area contributed by atoms with E-state index in [9.17, 15) is 9.90 Å². The fourth-order valence-electron chi connectivity index (χ4n) is 1.38. The largest absolute Gasteiger partial charge is 0.496 e. The zero-order valence-corrected chi connectivity index (χ0v) is 10.4. The number of aliphatic hydroxyl groups excluding tert-OH is 1. The van der Waals surface area contributed by atoms with Crippen LogP contribution in [0, 0.1) is 0 Å². The maximum atomic E-state index is 10.4. The summed E-state index contributed by atoms with van der Waals surface area (Å²) in [5.74, 6) is -0.367. The highest BCUT2D eigenvalue weighted by molar-refractivity contribution is 9.10. The summed E-state index contributed by atoms with van der Waals surface area (Å²) in [6.07, 6.45) is -0.734. The second-order valence-electron chi connectivity index (χ2n) is 3.33. The van der Waals surface area contributed by atoms with Gasteiger partial charge in [0.2, 0.25) is 0 Å². The smallest absolute Gasteiger partial charge is 0.303 e. The van der Waals surface area contributed by atoms with Gasteiger partial charge in [0, 0.05) is 16.5 Å². The van der Waals surface area contributed by atoms with E-state index < -0.39 is 12.1 Å². The molecule has 0 saturated heterocycles. The SMILES string of the molecule is COc1ccc(Br)cc1C(O)CCC(=O)O. The fourth-order valence-corrected chi connectivity index (χ4v) is 1.76. The average molecular weight is 289 g/mol. The minimum absolute atomic E-state index is 0.0726. The molecule has 0 saturated carbocycles. The molecule has 0 aromatic heterocycles. The van der Waals surface area contributed by atoms with Gasteiger partial charge < -0.3 is 14.9 Å². The van der Waals surface area contributed by atoms with Gasteiger partial charge in [-0.3, -0.25) is 4.79 Å². The van der Waals surface area contributed by atoms with Crippen molar-refractivity contribution in [1.29, 1.82) is 0 Å². The number of rotatable bonds is 5. The van der Waals surface area contributed by atoms with Crippen LogP contribution in [0.15, 0.2) is 22.7 Å². The van der Waals surface area contributed by atoms with Gasteiger partial charge in [0.25, 0.3) is 0 Å². The number of benzene rings is 1. The molecule has 0 aliphatic carbocycles. The molecule has 1 unspecified atom stereocenters. The minimum Gasteiger partial charge on any atom is -0.496 e. The highest BCUT2D eigenvalue weighted by Gasteiger charge is 2.14. The van der Waals surface area contributed by atoms with Crippen molar-refractivity contribution in [2.45, 2.75) is 18.9 Å². The molecule has 0 aliphatic rings. The molecule has 1 aromatic rings. The van der Waals surface area contributed by atoms with Gasteiger partial charge >= 0.3 is 5.97 Å². The third-order valence-electron chi connectivity index (χ3n) is 2.18. The van der Waals surface area contributed by atoms with Gasteiger partial charge in [0.15, 0.2) is 0 Å². The molecule has 16 heavy (non-hydrogen) atoms. The van der Waals surface area contributed by atoms with Crippen LogP contribution in [0.25, 0.3) is 0 Å². The first-order valence-corrected chi connectivity index (χ1v) is 5.57. The van der Waals surface area contributed by atoms with E-state index in [1.807, 2.05) is 0 Å². The molecule has 4 nitrogen and oxygen atoms in total. The Hall–Kier alpha value is -1.07. The monoisotopic (exact) mass is 288 g/mol. The molecule has 0 amide bonds. The van der Waals surface area contributed by atoms with Gasteiger partial charge in [0.05, 0.1) is 13.2 Å². The first-order chi connectivity index (χ1) is 7.54. The Labute approximate surface area is 102 Å². The van der Waals surface area contributed by atoms with Crippen LogP contribution in [-0.2, 0) is 4.79 Å². The Morgan fingerprint density at radius 3 is 2.81 bits per heavy atom. The number of hydrogen-bond donors (Lipinski definition) is 2. The Kier molecular flexibility index (Phi) is 4.76. The Balaban J connectivity index is 2.84. The topological polar surface area (TPSA) is 66.8 Å². The number of methoxy groups -OCH3 is 1. The third-order valence-corrected chi connectivity index (χ3v) is 2.68. The maximum Gasteiger partial charge on any atom is 0.303 e. The first kappa shape index (κ1) is 13.0. The van der Waals surface area contributed by atoms with E-state index in [1.54, 1.807) is 18.2 Å². The zero-order chi connectivity index (χ0) is 12.1. The summed E-state index contributed by atoms with van der Waals surface area (Å²) >= 11 is 3.29. The number of halogens is 1. The molecule has 1 aromatic carbocycles. The van der Waals surface area contributed by atoms with Crippen molar-refractivity contribution in [3.05, 3.63) is 28.2 Å². The van der Waals surface area contributed by atoms with Crippen molar-refractivity contribution in [1.82, 2.24) is 0 Å². The lowest BCUT2D eigenvalue weighted by Gasteiger charge is -2.14. The fraction of sp³-hybridized carbons (Fsp3) is 0.364. The van der Waals surface area contributed by atoms with Crippen LogP contribution in [0.3, 0.4) is 0 Å². The van der Waals surface area contributed by atoms with Crippen LogP contribution in [0.1, 0.15) is 24.5 Å². The number of hydrogen-bond acceptors (Lipinski definition) is 3. The third kappa shape index (κ3) is 3.50. The molecule has 2 N–H and O–H groups in total. The van der Waals surface area contributed by atoms with Gasteiger partial charge in [-0.05, 0) is 24.6 Å². The molecule has 0 radical (unpaired) electrons. The number of aliphatic hydroxyl groups is 1. The summed E-state index contributed by atoms with van der Waals surface area (Å²) in [6, 6.07) is 5.25. The van der Waals surface area contributed by atoms with Crippen molar-refractivity contribution in [3.63, 3.8) is 0 Å². The lowest BCUT2D eigenvalue weighted by molar-refractivity contribution is -0.137. The van der Waals surface area contributed by atoms with Gasteiger partial charge in [0.1, 0.15) is 5.75 Å². The molecule has 5 heteroatoms. The second kappa shape index (κ2) is 5.86. The molecular weight excluding hydrogens is 276 g/mol. The highest BCUT2D eigenvalue weighted by atomic mass is 79.9. The van der Waals surface area contributed by atoms with E-state index in [2.05, 4.69) is 15.9 Å². The van der Waals surface area contributed by atoms with Crippen LogP contribution in [0.2, 0.25) is 0 Å². The van der Waals surface area contributed by atoms with Crippen LogP contribution < -0.4 is 4.74 Å². The average Bonchev–Trinajstić information content (AvgIpc) is 2.25. The second-order valence-corrected chi connectivity index (χ2v) is 4.25. The van der Waals surface area contributed by atoms with Crippen molar-refractivity contribution >= 4 is 21.9 Å². The first-order valence-electron chi connectivity index (χ1n) is 4.78. The summed E-state index contributed by atoms with van der Waals surface area (Å²) in [5, 5.41) is 18.4. The number of carboxylic acids is 1.